The summed E-state index contributed by atoms with van der Waals surface area (Å²) in [6.07, 6.45) is 1.31. The van der Waals surface area contributed by atoms with Crippen molar-refractivity contribution in [2.24, 2.45) is 5.73 Å². The van der Waals surface area contributed by atoms with Crippen LogP contribution in [-0.2, 0) is 14.4 Å². The lowest BCUT2D eigenvalue weighted by Crippen LogP contribution is -2.57. The number of anilines is 2. The second kappa shape index (κ2) is 10.3. The maximum atomic E-state index is 13.5. The number of hydrogen-bond acceptors (Lipinski definition) is 6. The van der Waals surface area contributed by atoms with E-state index in [9.17, 15) is 19.2 Å². The molecule has 0 unspecified atom stereocenters. The molecular weight excluding hydrogens is 486 g/mol. The first-order valence-corrected chi connectivity index (χ1v) is 11.0. The van der Waals surface area contributed by atoms with Crippen LogP contribution in [0.5, 0.6) is 11.5 Å². The highest BCUT2D eigenvalue weighted by molar-refractivity contribution is 6.46. The summed E-state index contributed by atoms with van der Waals surface area (Å²) in [6, 6.07) is 18.7. The van der Waals surface area contributed by atoms with Gasteiger partial charge in [-0.15, -0.1) is 0 Å². The number of hydrogen-bond donors (Lipinski definition) is 1. The second-order valence-corrected chi connectivity index (χ2v) is 7.99. The van der Waals surface area contributed by atoms with Crippen molar-refractivity contribution >= 4 is 52.8 Å². The Morgan fingerprint density at radius 2 is 1.44 bits per heavy atom. The summed E-state index contributed by atoms with van der Waals surface area (Å²) in [7, 11) is 1.36. The van der Waals surface area contributed by atoms with Gasteiger partial charge in [-0.2, -0.15) is 0 Å². The number of nitrogens with two attached hydrogens (primary N) is 1. The highest BCUT2D eigenvalue weighted by Gasteiger charge is 2.43. The molecule has 9 nitrogen and oxygen atoms in total. The lowest BCUT2D eigenvalue weighted by molar-refractivity contribution is -0.121. The van der Waals surface area contributed by atoms with Gasteiger partial charge in [0.15, 0.2) is 18.1 Å². The Morgan fingerprint density at radius 1 is 0.917 bits per heavy atom. The first kappa shape index (κ1) is 24.5. The lowest BCUT2D eigenvalue weighted by atomic mass is 10.0. The number of ether oxygens (including phenoxy) is 2. The van der Waals surface area contributed by atoms with Crippen LogP contribution >= 0.6 is 11.6 Å². The standard InChI is InChI=1S/C26H20ClN3O6/c1-35-21-14-16(13-20(27)23(21)36-15-22(28)31)12-19-24(32)29(17-8-4-2-5-9-17)26(34)30(25(19)33)18-10-6-3-7-11-18/h2-14H,15H2,1H3,(H2,28,31). The topological polar surface area (TPSA) is 119 Å². The third kappa shape index (κ3) is 4.77. The molecule has 3 aromatic rings. The average molecular weight is 506 g/mol. The summed E-state index contributed by atoms with van der Waals surface area (Å²) in [5.74, 6) is -2.07. The van der Waals surface area contributed by atoms with Crippen LogP contribution in [0.2, 0.25) is 5.02 Å². The number of barbiturate groups is 1. The van der Waals surface area contributed by atoms with Crippen molar-refractivity contribution in [2.75, 3.05) is 23.5 Å². The maximum Gasteiger partial charge on any atom is 0.343 e. The van der Waals surface area contributed by atoms with Gasteiger partial charge in [0, 0.05) is 0 Å². The van der Waals surface area contributed by atoms with Gasteiger partial charge in [-0.05, 0) is 48.0 Å². The van der Waals surface area contributed by atoms with Gasteiger partial charge in [0.2, 0.25) is 0 Å². The number of para-hydroxylation sites is 2. The molecule has 10 heteroatoms. The average Bonchev–Trinajstić information content (AvgIpc) is 2.87. The second-order valence-electron chi connectivity index (χ2n) is 7.58. The van der Waals surface area contributed by atoms with Crippen LogP contribution < -0.4 is 25.0 Å². The number of amides is 5. The minimum absolute atomic E-state index is 0.0639. The Hall–Kier alpha value is -4.63. The number of primary amides is 1. The third-order valence-electron chi connectivity index (χ3n) is 5.20. The normalized spacial score (nSPS) is 13.6. The number of imide groups is 2. The first-order chi connectivity index (χ1) is 17.3. The molecule has 0 radical (unpaired) electrons. The van der Waals surface area contributed by atoms with Gasteiger partial charge >= 0.3 is 6.03 Å². The number of carbonyl (C=O) groups is 4. The van der Waals surface area contributed by atoms with E-state index in [4.69, 9.17) is 26.8 Å². The number of carbonyl (C=O) groups excluding carboxylic acids is 4. The van der Waals surface area contributed by atoms with Crippen molar-refractivity contribution in [1.29, 1.82) is 0 Å². The third-order valence-corrected chi connectivity index (χ3v) is 5.48. The molecule has 0 atom stereocenters. The largest absolute Gasteiger partial charge is 0.493 e. The fourth-order valence-corrected chi connectivity index (χ4v) is 3.89. The summed E-state index contributed by atoms with van der Waals surface area (Å²) >= 11 is 6.33. The van der Waals surface area contributed by atoms with E-state index in [1.807, 2.05) is 0 Å². The minimum Gasteiger partial charge on any atom is -0.493 e. The van der Waals surface area contributed by atoms with E-state index in [2.05, 4.69) is 0 Å². The predicted octanol–water partition coefficient (Wildman–Crippen LogP) is 3.80. The van der Waals surface area contributed by atoms with Gasteiger partial charge in [0.1, 0.15) is 5.57 Å². The molecule has 1 heterocycles. The molecule has 0 aromatic heterocycles. The van der Waals surface area contributed by atoms with Gasteiger partial charge in [0.05, 0.1) is 23.5 Å². The minimum atomic E-state index is -0.801. The van der Waals surface area contributed by atoms with Crippen molar-refractivity contribution in [1.82, 2.24) is 0 Å². The number of halogens is 1. The van der Waals surface area contributed by atoms with E-state index >= 15 is 0 Å². The molecule has 182 valence electrons. The molecule has 0 spiro atoms. The van der Waals surface area contributed by atoms with Gasteiger partial charge in [-0.1, -0.05) is 48.0 Å². The van der Waals surface area contributed by atoms with Crippen LogP contribution in [-0.4, -0.2) is 37.5 Å². The van der Waals surface area contributed by atoms with Crippen LogP contribution in [0.4, 0.5) is 16.2 Å². The lowest BCUT2D eigenvalue weighted by Gasteiger charge is -2.34. The Morgan fingerprint density at radius 3 is 1.92 bits per heavy atom. The highest BCUT2D eigenvalue weighted by atomic mass is 35.5. The predicted molar refractivity (Wildman–Crippen MR) is 134 cm³/mol. The summed E-state index contributed by atoms with van der Waals surface area (Å²) in [5, 5.41) is 0.0639. The molecule has 36 heavy (non-hydrogen) atoms. The van der Waals surface area contributed by atoms with Gasteiger partial charge < -0.3 is 15.2 Å². The fourth-order valence-electron chi connectivity index (χ4n) is 3.61. The first-order valence-electron chi connectivity index (χ1n) is 10.6. The zero-order chi connectivity index (χ0) is 25.8. The molecule has 0 aliphatic carbocycles. The molecular formula is C26H20ClN3O6. The zero-order valence-corrected chi connectivity index (χ0v) is 19.8. The van der Waals surface area contributed by atoms with Crippen LogP contribution in [0.25, 0.3) is 6.08 Å². The number of nitrogens with zero attached hydrogens (tertiary/aromatic N) is 2. The van der Waals surface area contributed by atoms with Crippen molar-refractivity contribution in [2.45, 2.75) is 0 Å². The zero-order valence-electron chi connectivity index (χ0n) is 19.0. The molecule has 0 bridgehead atoms. The van der Waals surface area contributed by atoms with E-state index in [1.54, 1.807) is 60.7 Å². The van der Waals surface area contributed by atoms with Crippen molar-refractivity contribution in [3.8, 4) is 11.5 Å². The Kier molecular flexibility index (Phi) is 7.03. The van der Waals surface area contributed by atoms with Crippen molar-refractivity contribution in [3.63, 3.8) is 0 Å². The van der Waals surface area contributed by atoms with E-state index in [0.29, 0.717) is 16.9 Å². The van der Waals surface area contributed by atoms with Crippen LogP contribution in [0.15, 0.2) is 78.4 Å². The molecule has 2 N–H and O–H groups in total. The summed E-state index contributed by atoms with van der Waals surface area (Å²) in [5.41, 5.74) is 5.79. The van der Waals surface area contributed by atoms with Crippen LogP contribution in [0, 0.1) is 0 Å². The van der Waals surface area contributed by atoms with Crippen molar-refractivity contribution < 1.29 is 28.7 Å². The van der Waals surface area contributed by atoms with Crippen LogP contribution in [0.3, 0.4) is 0 Å². The summed E-state index contributed by atoms with van der Waals surface area (Å²) in [4.78, 5) is 53.2. The number of rotatable bonds is 7. The van der Waals surface area contributed by atoms with Crippen molar-refractivity contribution in [3.05, 3.63) is 89.0 Å². The number of benzene rings is 3. The quantitative estimate of drug-likeness (QED) is 0.385. The molecule has 1 fully saturated rings. The fraction of sp³-hybridized carbons (Fsp3) is 0.0769. The molecule has 5 amide bonds. The SMILES string of the molecule is COc1cc(C=C2C(=O)N(c3ccccc3)C(=O)N(c3ccccc3)C2=O)cc(Cl)c1OCC(N)=O. The number of methoxy groups -OCH3 is 1. The molecule has 3 aromatic carbocycles. The van der Waals surface area contributed by atoms with Gasteiger partial charge in [-0.3, -0.25) is 14.4 Å². The van der Waals surface area contributed by atoms with E-state index in [1.165, 1.54) is 25.3 Å². The molecule has 4 rings (SSSR count). The Bertz CT molecular complexity index is 1310. The molecule has 0 saturated carbocycles. The van der Waals surface area contributed by atoms with E-state index < -0.39 is 30.4 Å². The highest BCUT2D eigenvalue weighted by Crippen LogP contribution is 2.38. The van der Waals surface area contributed by atoms with E-state index in [0.717, 1.165) is 9.80 Å². The molecule has 1 saturated heterocycles. The molecule has 1 aliphatic rings. The van der Waals surface area contributed by atoms with Crippen LogP contribution in [0.1, 0.15) is 5.56 Å². The Labute approximate surface area is 211 Å². The Balaban J connectivity index is 1.83. The number of urea groups is 1. The summed E-state index contributed by atoms with van der Waals surface area (Å²) < 4.78 is 10.6. The van der Waals surface area contributed by atoms with E-state index in [-0.39, 0.29) is 22.1 Å². The monoisotopic (exact) mass is 505 g/mol. The van der Waals surface area contributed by atoms with Gasteiger partial charge in [-0.25, -0.2) is 14.6 Å². The maximum absolute atomic E-state index is 13.5. The molecule has 1 aliphatic heterocycles. The smallest absolute Gasteiger partial charge is 0.343 e. The summed E-state index contributed by atoms with van der Waals surface area (Å²) in [6.45, 7) is -0.423. The van der Waals surface area contributed by atoms with Gasteiger partial charge in [0.25, 0.3) is 17.7 Å².